The highest BCUT2D eigenvalue weighted by molar-refractivity contribution is 5.75. The summed E-state index contributed by atoms with van der Waals surface area (Å²) in [6.07, 6.45) is 4.43. The van der Waals surface area contributed by atoms with Gasteiger partial charge in [0.2, 0.25) is 0 Å². The first-order valence-corrected chi connectivity index (χ1v) is 4.28. The molecule has 76 valence electrons. The molecule has 0 bridgehead atoms. The number of hydrogen-bond donors (Lipinski definition) is 1. The van der Waals surface area contributed by atoms with Crippen molar-refractivity contribution in [1.82, 2.24) is 10.1 Å². The molecule has 2 heterocycles. The molecule has 0 atom stereocenters. The molecule has 3 aromatic rings. The third-order valence-electron chi connectivity index (χ3n) is 1.71. The van der Waals surface area contributed by atoms with E-state index in [0.29, 0.717) is 0 Å². The normalized spacial score (nSPS) is 9.60. The molecule has 0 unspecified atom stereocenters. The Balaban J connectivity index is 0.000000124. The van der Waals surface area contributed by atoms with Gasteiger partial charge in [-0.05, 0) is 12.1 Å². The number of H-pyrrole nitrogens is 1. The number of fused-ring (bicyclic) bond motifs is 1. The van der Waals surface area contributed by atoms with Gasteiger partial charge in [-0.1, -0.05) is 17.3 Å². The molecule has 0 saturated carbocycles. The first-order valence-electron chi connectivity index (χ1n) is 4.28. The molecule has 2 aromatic heterocycles. The molecule has 1 aromatic carbocycles. The maximum Gasteiger partial charge on any atom is 0.416 e. The van der Waals surface area contributed by atoms with Gasteiger partial charge in [-0.3, -0.25) is 4.98 Å². The average Bonchev–Trinajstić information content (AvgIpc) is 2.88. The minimum absolute atomic E-state index is 0.407. The highest BCUT2D eigenvalue weighted by atomic mass is 16.5. The minimum atomic E-state index is -0.407. The number of hydrogen-bond acceptors (Lipinski definition) is 4. The second kappa shape index (κ2) is 4.28. The van der Waals surface area contributed by atoms with Gasteiger partial charge in [0.1, 0.15) is 6.26 Å². The van der Waals surface area contributed by atoms with E-state index >= 15 is 0 Å². The molecule has 0 radical (unpaired) electrons. The Labute approximate surface area is 84.3 Å². The highest BCUT2D eigenvalue weighted by Gasteiger charge is 1.91. The standard InChI is InChI=1S/C7H5NO.C3H3NO2/c1-2-4-7-6(3-1)5-8-9-7;5-3-4-1-2-6-3/h1-5H;1-2H,(H,4,5). The molecular formula is C10H8N2O3. The van der Waals surface area contributed by atoms with Gasteiger partial charge in [-0.15, -0.1) is 0 Å². The first-order chi connectivity index (χ1) is 7.36. The van der Waals surface area contributed by atoms with E-state index < -0.39 is 5.76 Å². The fraction of sp³-hybridized carbons (Fsp3) is 0. The molecule has 0 aliphatic carbocycles. The first kappa shape index (κ1) is 9.26. The van der Waals surface area contributed by atoms with Crippen LogP contribution in [0, 0.1) is 0 Å². The summed E-state index contributed by atoms with van der Waals surface area (Å²) in [5, 5.41) is 4.68. The van der Waals surface area contributed by atoms with Gasteiger partial charge in [0.15, 0.2) is 5.58 Å². The van der Waals surface area contributed by atoms with Crippen molar-refractivity contribution in [1.29, 1.82) is 0 Å². The van der Waals surface area contributed by atoms with E-state index in [1.165, 1.54) is 12.5 Å². The number of aromatic nitrogens is 2. The van der Waals surface area contributed by atoms with Crippen LogP contribution in [0.25, 0.3) is 11.0 Å². The van der Waals surface area contributed by atoms with Crippen molar-refractivity contribution < 1.29 is 8.94 Å². The lowest BCUT2D eigenvalue weighted by Crippen LogP contribution is -1.91. The van der Waals surface area contributed by atoms with Crippen LogP contribution in [-0.2, 0) is 0 Å². The van der Waals surface area contributed by atoms with Gasteiger partial charge in [-0.25, -0.2) is 4.79 Å². The number of nitrogens with one attached hydrogen (secondary N) is 1. The van der Waals surface area contributed by atoms with Gasteiger partial charge in [0.25, 0.3) is 0 Å². The number of oxazole rings is 1. The highest BCUT2D eigenvalue weighted by Crippen LogP contribution is 2.10. The molecule has 0 aliphatic heterocycles. The van der Waals surface area contributed by atoms with Gasteiger partial charge >= 0.3 is 5.76 Å². The van der Waals surface area contributed by atoms with Crippen LogP contribution in [0.1, 0.15) is 0 Å². The lowest BCUT2D eigenvalue weighted by Gasteiger charge is -1.78. The van der Waals surface area contributed by atoms with Gasteiger partial charge < -0.3 is 8.94 Å². The molecule has 0 aliphatic rings. The van der Waals surface area contributed by atoms with E-state index in [1.54, 1.807) is 6.20 Å². The quantitative estimate of drug-likeness (QED) is 0.606. The van der Waals surface area contributed by atoms with Crippen LogP contribution < -0.4 is 5.76 Å². The lowest BCUT2D eigenvalue weighted by molar-refractivity contribution is 0.456. The maximum absolute atomic E-state index is 9.85. The van der Waals surface area contributed by atoms with Crippen molar-refractivity contribution >= 4 is 11.0 Å². The van der Waals surface area contributed by atoms with Crippen LogP contribution in [-0.4, -0.2) is 10.1 Å². The van der Waals surface area contributed by atoms with Crippen LogP contribution in [0.5, 0.6) is 0 Å². The molecule has 0 spiro atoms. The second-order valence-electron chi connectivity index (χ2n) is 2.72. The Kier molecular flexibility index (Phi) is 2.64. The van der Waals surface area contributed by atoms with Crippen LogP contribution in [0.4, 0.5) is 0 Å². The SMILES string of the molecule is O=c1[nH]cco1.c1ccc2oncc2c1. The van der Waals surface area contributed by atoms with E-state index in [4.69, 9.17) is 4.52 Å². The summed E-state index contributed by atoms with van der Waals surface area (Å²) in [5.74, 6) is -0.407. The van der Waals surface area contributed by atoms with Crippen molar-refractivity contribution in [3.8, 4) is 0 Å². The molecule has 15 heavy (non-hydrogen) atoms. The number of rotatable bonds is 0. The number of para-hydroxylation sites is 1. The van der Waals surface area contributed by atoms with Crippen molar-refractivity contribution in [2.45, 2.75) is 0 Å². The largest absolute Gasteiger partial charge is 0.417 e. The van der Waals surface area contributed by atoms with Crippen molar-refractivity contribution in [2.75, 3.05) is 0 Å². The average molecular weight is 204 g/mol. The van der Waals surface area contributed by atoms with E-state index in [2.05, 4.69) is 14.6 Å². The van der Waals surface area contributed by atoms with E-state index in [-0.39, 0.29) is 0 Å². The van der Waals surface area contributed by atoms with Crippen LogP contribution >= 0.6 is 0 Å². The zero-order valence-corrected chi connectivity index (χ0v) is 7.71. The summed E-state index contributed by atoms with van der Waals surface area (Å²) < 4.78 is 9.09. The fourth-order valence-electron chi connectivity index (χ4n) is 1.04. The van der Waals surface area contributed by atoms with Crippen LogP contribution in [0.15, 0.2) is 56.7 Å². The molecule has 5 heteroatoms. The molecule has 0 saturated heterocycles. The molecule has 1 N–H and O–H groups in total. The third-order valence-corrected chi connectivity index (χ3v) is 1.71. The predicted octanol–water partition coefficient (Wildman–Crippen LogP) is 1.80. The minimum Gasteiger partial charge on any atom is -0.417 e. The monoisotopic (exact) mass is 204 g/mol. The Morgan fingerprint density at radius 1 is 1.27 bits per heavy atom. The Morgan fingerprint density at radius 2 is 2.13 bits per heavy atom. The van der Waals surface area contributed by atoms with Crippen LogP contribution in [0.2, 0.25) is 0 Å². The van der Waals surface area contributed by atoms with Gasteiger partial charge in [0.05, 0.1) is 6.20 Å². The van der Waals surface area contributed by atoms with E-state index in [1.807, 2.05) is 24.3 Å². The summed E-state index contributed by atoms with van der Waals surface area (Å²) in [4.78, 5) is 12.1. The zero-order chi connectivity index (χ0) is 10.5. The summed E-state index contributed by atoms with van der Waals surface area (Å²) in [5.41, 5.74) is 0.845. The summed E-state index contributed by atoms with van der Waals surface area (Å²) >= 11 is 0. The molecule has 0 amide bonds. The molecular weight excluding hydrogens is 196 g/mol. The lowest BCUT2D eigenvalue weighted by atomic mass is 10.3. The smallest absolute Gasteiger partial charge is 0.416 e. The number of benzene rings is 1. The molecule has 5 nitrogen and oxygen atoms in total. The Hall–Kier alpha value is -2.30. The molecule has 0 fully saturated rings. The van der Waals surface area contributed by atoms with Crippen LogP contribution in [0.3, 0.4) is 0 Å². The topological polar surface area (TPSA) is 72.0 Å². The summed E-state index contributed by atoms with van der Waals surface area (Å²) in [7, 11) is 0. The van der Waals surface area contributed by atoms with Crippen molar-refractivity contribution in [3.63, 3.8) is 0 Å². The van der Waals surface area contributed by atoms with Gasteiger partial charge in [0, 0.05) is 11.6 Å². The van der Waals surface area contributed by atoms with Crippen molar-refractivity contribution in [2.24, 2.45) is 0 Å². The zero-order valence-electron chi connectivity index (χ0n) is 7.71. The van der Waals surface area contributed by atoms with Crippen molar-refractivity contribution in [3.05, 3.63) is 53.5 Å². The third kappa shape index (κ3) is 2.34. The second-order valence-corrected chi connectivity index (χ2v) is 2.72. The Morgan fingerprint density at radius 3 is 2.73 bits per heavy atom. The summed E-state index contributed by atoms with van der Waals surface area (Å²) in [6.45, 7) is 0. The maximum atomic E-state index is 9.85. The predicted molar refractivity (Wildman–Crippen MR) is 53.3 cm³/mol. The van der Waals surface area contributed by atoms with Gasteiger partial charge in [-0.2, -0.15) is 0 Å². The fourth-order valence-corrected chi connectivity index (χ4v) is 1.04. The molecule has 3 rings (SSSR count). The number of nitrogens with zero attached hydrogens (tertiary/aromatic N) is 1. The summed E-state index contributed by atoms with van der Waals surface area (Å²) in [6, 6.07) is 7.74. The van der Waals surface area contributed by atoms with E-state index in [9.17, 15) is 4.79 Å². The number of aromatic amines is 1. The van der Waals surface area contributed by atoms with E-state index in [0.717, 1.165) is 11.0 Å². The Bertz CT molecular complexity index is 532.